The fraction of sp³-hybridized carbons (Fsp3) is 0.312. The summed E-state index contributed by atoms with van der Waals surface area (Å²) in [5, 5.41) is 0. The van der Waals surface area contributed by atoms with Crippen molar-refractivity contribution in [1.82, 2.24) is 9.71 Å². The third-order valence-corrected chi connectivity index (χ3v) is 5.00. The molecule has 1 heterocycles. The van der Waals surface area contributed by atoms with Crippen molar-refractivity contribution in [3.63, 3.8) is 0 Å². The molecule has 0 bridgehead atoms. The molecular weight excluding hydrogens is 316 g/mol. The second kappa shape index (κ2) is 7.43. The molecule has 6 nitrogen and oxygen atoms in total. The van der Waals surface area contributed by atoms with Crippen molar-refractivity contribution < 1.29 is 17.9 Å². The molecule has 0 aliphatic carbocycles. The number of aromatic nitrogens is 1. The monoisotopic (exact) mass is 336 g/mol. The number of aryl methyl sites for hydroxylation is 1. The van der Waals surface area contributed by atoms with Crippen molar-refractivity contribution in [3.8, 4) is 11.5 Å². The van der Waals surface area contributed by atoms with Crippen LogP contribution in [0.5, 0.6) is 11.5 Å². The minimum atomic E-state index is -3.62. The molecule has 124 valence electrons. The molecule has 1 aromatic carbocycles. The van der Waals surface area contributed by atoms with Crippen LogP contribution < -0.4 is 14.2 Å². The Morgan fingerprint density at radius 2 is 1.87 bits per heavy atom. The highest BCUT2D eigenvalue weighted by Gasteiger charge is 2.19. The Kier molecular flexibility index (Phi) is 5.57. The van der Waals surface area contributed by atoms with Gasteiger partial charge in [-0.3, -0.25) is 4.98 Å². The Morgan fingerprint density at radius 1 is 1.17 bits per heavy atom. The normalized spacial score (nSPS) is 11.3. The zero-order valence-corrected chi connectivity index (χ0v) is 14.2. The molecule has 2 aromatic rings. The SMILES string of the molecule is COc1cc(C)c(S(=O)(=O)NCCc2cccnc2)cc1OC. The van der Waals surface area contributed by atoms with Gasteiger partial charge in [-0.1, -0.05) is 6.07 Å². The molecule has 0 amide bonds. The molecule has 0 unspecified atom stereocenters. The number of ether oxygens (including phenoxy) is 2. The molecular formula is C16H20N2O4S. The van der Waals surface area contributed by atoms with Gasteiger partial charge in [0, 0.05) is 25.0 Å². The van der Waals surface area contributed by atoms with Crippen LogP contribution in [0.3, 0.4) is 0 Å². The molecule has 1 aromatic heterocycles. The highest BCUT2D eigenvalue weighted by molar-refractivity contribution is 7.89. The standard InChI is InChI=1S/C16H20N2O4S/c1-12-9-14(21-2)15(22-3)10-16(12)23(19,20)18-8-6-13-5-4-7-17-11-13/h4-5,7,9-11,18H,6,8H2,1-3H3. The lowest BCUT2D eigenvalue weighted by Crippen LogP contribution is -2.26. The van der Waals surface area contributed by atoms with E-state index in [-0.39, 0.29) is 4.90 Å². The van der Waals surface area contributed by atoms with Crippen LogP contribution in [0, 0.1) is 6.92 Å². The molecule has 1 N–H and O–H groups in total. The maximum absolute atomic E-state index is 12.5. The predicted octanol–water partition coefficient (Wildman–Crippen LogP) is 1.93. The average Bonchev–Trinajstić information content (AvgIpc) is 2.55. The largest absolute Gasteiger partial charge is 0.493 e. The second-order valence-corrected chi connectivity index (χ2v) is 6.72. The summed E-state index contributed by atoms with van der Waals surface area (Å²) in [5.41, 5.74) is 1.57. The van der Waals surface area contributed by atoms with Gasteiger partial charge in [0.25, 0.3) is 0 Å². The first-order chi connectivity index (χ1) is 11.0. The molecule has 2 rings (SSSR count). The number of rotatable bonds is 7. The summed E-state index contributed by atoms with van der Waals surface area (Å²) in [5.74, 6) is 0.880. The van der Waals surface area contributed by atoms with Crippen LogP contribution in [-0.2, 0) is 16.4 Å². The number of hydrogen-bond donors (Lipinski definition) is 1. The summed E-state index contributed by atoms with van der Waals surface area (Å²) in [6.07, 6.45) is 3.97. The minimum absolute atomic E-state index is 0.182. The lowest BCUT2D eigenvalue weighted by Gasteiger charge is -2.13. The number of pyridine rings is 1. The van der Waals surface area contributed by atoms with E-state index in [0.717, 1.165) is 5.56 Å². The maximum atomic E-state index is 12.5. The third-order valence-electron chi connectivity index (χ3n) is 3.40. The van der Waals surface area contributed by atoms with Crippen LogP contribution in [0.4, 0.5) is 0 Å². The van der Waals surface area contributed by atoms with Crippen molar-refractivity contribution in [2.24, 2.45) is 0 Å². The van der Waals surface area contributed by atoms with Crippen molar-refractivity contribution in [2.45, 2.75) is 18.2 Å². The van der Waals surface area contributed by atoms with E-state index >= 15 is 0 Å². The number of hydrogen-bond acceptors (Lipinski definition) is 5. The summed E-state index contributed by atoms with van der Waals surface area (Å²) in [6, 6.07) is 6.85. The van der Waals surface area contributed by atoms with Gasteiger partial charge in [-0.05, 0) is 36.6 Å². The number of methoxy groups -OCH3 is 2. The molecule has 0 fully saturated rings. The number of benzene rings is 1. The third kappa shape index (κ3) is 4.20. The van der Waals surface area contributed by atoms with E-state index in [4.69, 9.17) is 9.47 Å². The molecule has 0 spiro atoms. The Bertz CT molecular complexity index is 761. The van der Waals surface area contributed by atoms with E-state index in [1.807, 2.05) is 12.1 Å². The van der Waals surface area contributed by atoms with Crippen molar-refractivity contribution in [3.05, 3.63) is 47.8 Å². The van der Waals surface area contributed by atoms with Gasteiger partial charge in [-0.2, -0.15) is 0 Å². The maximum Gasteiger partial charge on any atom is 0.240 e. The summed E-state index contributed by atoms with van der Waals surface area (Å²) in [4.78, 5) is 4.19. The quantitative estimate of drug-likeness (QED) is 0.836. The van der Waals surface area contributed by atoms with Crippen LogP contribution in [-0.4, -0.2) is 34.2 Å². The van der Waals surface area contributed by atoms with Gasteiger partial charge < -0.3 is 9.47 Å². The Morgan fingerprint density at radius 3 is 2.48 bits per heavy atom. The Labute approximate surface area is 136 Å². The summed E-state index contributed by atoms with van der Waals surface area (Å²) in [6.45, 7) is 2.01. The van der Waals surface area contributed by atoms with Gasteiger partial charge in [0.2, 0.25) is 10.0 Å². The topological polar surface area (TPSA) is 77.5 Å². The lowest BCUT2D eigenvalue weighted by atomic mass is 10.2. The van der Waals surface area contributed by atoms with Crippen LogP contribution in [0.15, 0.2) is 41.6 Å². The van der Waals surface area contributed by atoms with E-state index in [2.05, 4.69) is 9.71 Å². The summed E-state index contributed by atoms with van der Waals surface area (Å²) in [7, 11) is -0.641. The highest BCUT2D eigenvalue weighted by atomic mass is 32.2. The number of sulfonamides is 1. The fourth-order valence-corrected chi connectivity index (χ4v) is 3.48. The van der Waals surface area contributed by atoms with E-state index in [1.54, 1.807) is 25.4 Å². The Balaban J connectivity index is 2.16. The van der Waals surface area contributed by atoms with Gasteiger partial charge in [-0.25, -0.2) is 13.1 Å². The molecule has 0 saturated carbocycles. The molecule has 0 saturated heterocycles. The smallest absolute Gasteiger partial charge is 0.240 e. The summed E-state index contributed by atoms with van der Waals surface area (Å²) < 4.78 is 37.9. The Hall–Kier alpha value is -2.12. The van der Waals surface area contributed by atoms with Crippen molar-refractivity contribution in [2.75, 3.05) is 20.8 Å². The van der Waals surface area contributed by atoms with Crippen LogP contribution in [0.2, 0.25) is 0 Å². The lowest BCUT2D eigenvalue weighted by molar-refractivity contribution is 0.353. The van der Waals surface area contributed by atoms with Crippen molar-refractivity contribution in [1.29, 1.82) is 0 Å². The van der Waals surface area contributed by atoms with Gasteiger partial charge in [0.1, 0.15) is 0 Å². The van der Waals surface area contributed by atoms with E-state index in [1.165, 1.54) is 20.3 Å². The van der Waals surface area contributed by atoms with E-state index in [9.17, 15) is 8.42 Å². The van der Waals surface area contributed by atoms with Gasteiger partial charge in [0.15, 0.2) is 11.5 Å². The van der Waals surface area contributed by atoms with Crippen molar-refractivity contribution >= 4 is 10.0 Å². The second-order valence-electron chi connectivity index (χ2n) is 4.98. The first-order valence-corrected chi connectivity index (χ1v) is 8.57. The van der Waals surface area contributed by atoms with Gasteiger partial charge in [0.05, 0.1) is 19.1 Å². The van der Waals surface area contributed by atoms with Gasteiger partial charge >= 0.3 is 0 Å². The molecule has 0 radical (unpaired) electrons. The summed E-state index contributed by atoms with van der Waals surface area (Å²) >= 11 is 0. The van der Waals surface area contributed by atoms with Crippen LogP contribution in [0.25, 0.3) is 0 Å². The molecule has 23 heavy (non-hydrogen) atoms. The van der Waals surface area contributed by atoms with E-state index in [0.29, 0.717) is 30.0 Å². The van der Waals surface area contributed by atoms with E-state index < -0.39 is 10.0 Å². The van der Waals surface area contributed by atoms with Crippen LogP contribution in [0.1, 0.15) is 11.1 Å². The zero-order chi connectivity index (χ0) is 16.9. The predicted molar refractivity (Wildman–Crippen MR) is 87.4 cm³/mol. The average molecular weight is 336 g/mol. The molecule has 0 aliphatic rings. The number of nitrogens with one attached hydrogen (secondary N) is 1. The number of nitrogens with zero attached hydrogens (tertiary/aromatic N) is 1. The molecule has 0 aliphatic heterocycles. The highest BCUT2D eigenvalue weighted by Crippen LogP contribution is 2.32. The fourth-order valence-electron chi connectivity index (χ4n) is 2.20. The first-order valence-electron chi connectivity index (χ1n) is 7.09. The first kappa shape index (κ1) is 17.2. The molecule has 0 atom stereocenters. The minimum Gasteiger partial charge on any atom is -0.493 e. The molecule has 7 heteroatoms. The van der Waals surface area contributed by atoms with Gasteiger partial charge in [-0.15, -0.1) is 0 Å². The zero-order valence-electron chi connectivity index (χ0n) is 13.4. The van der Waals surface area contributed by atoms with Crippen LogP contribution >= 0.6 is 0 Å².